The minimum absolute atomic E-state index is 0.310. The molecule has 0 spiro atoms. The van der Waals surface area contributed by atoms with Crippen molar-refractivity contribution in [3.63, 3.8) is 0 Å². The highest BCUT2D eigenvalue weighted by Gasteiger charge is 2.06. The van der Waals surface area contributed by atoms with Crippen LogP contribution in [0.25, 0.3) is 0 Å². The Morgan fingerprint density at radius 2 is 2.22 bits per heavy atom. The number of rotatable bonds is 5. The van der Waals surface area contributed by atoms with Crippen LogP contribution in [0.15, 0.2) is 18.5 Å². The van der Waals surface area contributed by atoms with Crippen molar-refractivity contribution in [2.75, 3.05) is 12.3 Å². The van der Waals surface area contributed by atoms with Crippen LogP contribution in [-0.2, 0) is 18.4 Å². The van der Waals surface area contributed by atoms with Crippen LogP contribution >= 0.6 is 0 Å². The average Bonchev–Trinajstić information content (AvgIpc) is 2.71. The maximum Gasteiger partial charge on any atom is 0.224 e. The molecule has 0 amide bonds. The summed E-state index contributed by atoms with van der Waals surface area (Å²) >= 11 is 0. The van der Waals surface area contributed by atoms with E-state index in [1.54, 1.807) is 23.1 Å². The molecule has 0 fully saturated rings. The van der Waals surface area contributed by atoms with Crippen LogP contribution in [0.5, 0.6) is 11.6 Å². The lowest BCUT2D eigenvalue weighted by Crippen LogP contribution is -2.03. The third kappa shape index (κ3) is 3.17. The van der Waals surface area contributed by atoms with E-state index in [1.165, 1.54) is 0 Å². The summed E-state index contributed by atoms with van der Waals surface area (Å²) in [5.74, 6) is 1.82. The van der Waals surface area contributed by atoms with E-state index in [9.17, 15) is 0 Å². The van der Waals surface area contributed by atoms with Gasteiger partial charge in [-0.3, -0.25) is 4.68 Å². The smallest absolute Gasteiger partial charge is 0.224 e. The summed E-state index contributed by atoms with van der Waals surface area (Å²) in [5.41, 5.74) is 5.68. The summed E-state index contributed by atoms with van der Waals surface area (Å²) in [6.07, 6.45) is 3.33. The van der Waals surface area contributed by atoms with Crippen LogP contribution in [0.3, 0.4) is 0 Å². The number of ether oxygens (including phenoxy) is 2. The fraction of sp³-hybridized carbons (Fsp3) is 0.364. The molecule has 0 unspecified atom stereocenters. The number of nitrogens with two attached hydrogens (primary N) is 1. The zero-order valence-electron chi connectivity index (χ0n) is 10.3. The van der Waals surface area contributed by atoms with Crippen LogP contribution in [0.1, 0.15) is 12.7 Å². The minimum atomic E-state index is 0.310. The van der Waals surface area contributed by atoms with Crippen LogP contribution in [0.4, 0.5) is 5.82 Å². The van der Waals surface area contributed by atoms with Crippen molar-refractivity contribution in [2.24, 2.45) is 7.05 Å². The van der Waals surface area contributed by atoms with Crippen molar-refractivity contribution >= 4 is 5.82 Å². The Morgan fingerprint density at radius 1 is 1.39 bits per heavy atom. The van der Waals surface area contributed by atoms with Crippen molar-refractivity contribution in [3.05, 3.63) is 24.3 Å². The maximum atomic E-state index is 5.68. The number of hydrogen-bond donors (Lipinski definition) is 1. The van der Waals surface area contributed by atoms with Crippen LogP contribution in [0, 0.1) is 0 Å². The molecule has 7 heteroatoms. The molecule has 7 nitrogen and oxygen atoms in total. The standard InChI is InChI=1S/C11H15N5O2/c1-3-17-7-10-14-9(12)4-11(15-10)18-8-5-13-16(2)6-8/h4-6H,3,7H2,1-2H3,(H2,12,14,15). The number of nitrogens with zero attached hydrogens (tertiary/aromatic N) is 4. The van der Waals surface area contributed by atoms with E-state index >= 15 is 0 Å². The quantitative estimate of drug-likeness (QED) is 0.854. The van der Waals surface area contributed by atoms with Crippen molar-refractivity contribution < 1.29 is 9.47 Å². The van der Waals surface area contributed by atoms with Gasteiger partial charge < -0.3 is 15.2 Å². The SMILES string of the molecule is CCOCc1nc(N)cc(Oc2cnn(C)c2)n1. The highest BCUT2D eigenvalue weighted by atomic mass is 16.5. The molecule has 0 aliphatic heterocycles. The lowest BCUT2D eigenvalue weighted by atomic mass is 10.5. The summed E-state index contributed by atoms with van der Waals surface area (Å²) in [7, 11) is 1.81. The zero-order valence-corrected chi connectivity index (χ0v) is 10.3. The predicted molar refractivity (Wildman–Crippen MR) is 65.1 cm³/mol. The van der Waals surface area contributed by atoms with E-state index in [2.05, 4.69) is 15.1 Å². The van der Waals surface area contributed by atoms with Crippen LogP contribution in [-0.4, -0.2) is 26.4 Å². The molecule has 0 aliphatic carbocycles. The molecule has 2 N–H and O–H groups in total. The van der Waals surface area contributed by atoms with E-state index in [4.69, 9.17) is 15.2 Å². The molecule has 0 saturated carbocycles. The molecule has 18 heavy (non-hydrogen) atoms. The molecule has 0 radical (unpaired) electrons. The zero-order chi connectivity index (χ0) is 13.0. The second-order valence-electron chi connectivity index (χ2n) is 3.64. The molecule has 0 aromatic carbocycles. The Hall–Kier alpha value is -2.15. The Balaban J connectivity index is 2.14. The van der Waals surface area contributed by atoms with Crippen molar-refractivity contribution in [1.82, 2.24) is 19.7 Å². The monoisotopic (exact) mass is 249 g/mol. The van der Waals surface area contributed by atoms with Crippen molar-refractivity contribution in [1.29, 1.82) is 0 Å². The molecule has 96 valence electrons. The Labute approximate surface area is 105 Å². The summed E-state index contributed by atoms with van der Waals surface area (Å²) < 4.78 is 12.4. The van der Waals surface area contributed by atoms with Gasteiger partial charge in [0.15, 0.2) is 11.6 Å². The molecule has 0 atom stereocenters. The summed E-state index contributed by atoms with van der Waals surface area (Å²) in [5, 5.41) is 4.00. The van der Waals surface area contributed by atoms with E-state index in [0.717, 1.165) is 0 Å². The van der Waals surface area contributed by atoms with Gasteiger partial charge in [0.2, 0.25) is 5.88 Å². The third-order valence-corrected chi connectivity index (χ3v) is 2.11. The normalized spacial score (nSPS) is 10.6. The van der Waals surface area contributed by atoms with Gasteiger partial charge >= 0.3 is 0 Å². The van der Waals surface area contributed by atoms with Crippen molar-refractivity contribution in [3.8, 4) is 11.6 Å². The second-order valence-corrected chi connectivity index (χ2v) is 3.64. The molecular formula is C11H15N5O2. The molecular weight excluding hydrogens is 234 g/mol. The van der Waals surface area contributed by atoms with Gasteiger partial charge in [-0.25, -0.2) is 4.98 Å². The first-order valence-electron chi connectivity index (χ1n) is 5.55. The molecule has 2 rings (SSSR count). The summed E-state index contributed by atoms with van der Waals surface area (Å²) in [6.45, 7) is 2.81. The lowest BCUT2D eigenvalue weighted by Gasteiger charge is -2.05. The number of aryl methyl sites for hydroxylation is 1. The number of anilines is 1. The fourth-order valence-corrected chi connectivity index (χ4v) is 1.37. The fourth-order valence-electron chi connectivity index (χ4n) is 1.37. The minimum Gasteiger partial charge on any atom is -0.436 e. The maximum absolute atomic E-state index is 5.68. The van der Waals surface area contributed by atoms with Gasteiger partial charge in [-0.05, 0) is 6.92 Å². The van der Waals surface area contributed by atoms with Crippen LogP contribution < -0.4 is 10.5 Å². The van der Waals surface area contributed by atoms with Gasteiger partial charge in [0.05, 0.1) is 12.4 Å². The first kappa shape index (κ1) is 12.3. The Morgan fingerprint density at radius 3 is 2.89 bits per heavy atom. The lowest BCUT2D eigenvalue weighted by molar-refractivity contribution is 0.128. The third-order valence-electron chi connectivity index (χ3n) is 2.11. The summed E-state index contributed by atoms with van der Waals surface area (Å²) in [6, 6.07) is 1.56. The van der Waals surface area contributed by atoms with Gasteiger partial charge in [-0.15, -0.1) is 0 Å². The van der Waals surface area contributed by atoms with Gasteiger partial charge in [-0.2, -0.15) is 10.1 Å². The predicted octanol–water partition coefficient (Wildman–Crippen LogP) is 1.12. The Kier molecular flexibility index (Phi) is 3.73. The highest BCUT2D eigenvalue weighted by molar-refractivity contribution is 5.34. The second kappa shape index (κ2) is 5.46. The molecule has 2 heterocycles. The van der Waals surface area contributed by atoms with E-state index in [0.29, 0.717) is 36.5 Å². The van der Waals surface area contributed by atoms with Crippen LogP contribution in [0.2, 0.25) is 0 Å². The number of aromatic nitrogens is 4. The summed E-state index contributed by atoms with van der Waals surface area (Å²) in [4.78, 5) is 8.26. The molecule has 0 aliphatic rings. The Bertz CT molecular complexity index is 526. The highest BCUT2D eigenvalue weighted by Crippen LogP contribution is 2.19. The number of hydrogen-bond acceptors (Lipinski definition) is 6. The largest absolute Gasteiger partial charge is 0.436 e. The van der Waals surface area contributed by atoms with Gasteiger partial charge in [0.1, 0.15) is 12.4 Å². The van der Waals surface area contributed by atoms with Gasteiger partial charge in [0.25, 0.3) is 0 Å². The first-order valence-corrected chi connectivity index (χ1v) is 5.55. The van der Waals surface area contributed by atoms with E-state index < -0.39 is 0 Å². The topological polar surface area (TPSA) is 88.1 Å². The molecule has 0 bridgehead atoms. The molecule has 0 saturated heterocycles. The number of nitrogen functional groups attached to an aromatic ring is 1. The molecule has 2 aromatic rings. The molecule has 2 aromatic heterocycles. The average molecular weight is 249 g/mol. The van der Waals surface area contributed by atoms with Gasteiger partial charge in [-0.1, -0.05) is 0 Å². The van der Waals surface area contributed by atoms with E-state index in [1.807, 2.05) is 14.0 Å². The van der Waals surface area contributed by atoms with E-state index in [-0.39, 0.29) is 0 Å². The van der Waals surface area contributed by atoms with Gasteiger partial charge in [0, 0.05) is 19.7 Å². The van der Waals surface area contributed by atoms with Crippen molar-refractivity contribution in [2.45, 2.75) is 13.5 Å². The first-order chi connectivity index (χ1) is 8.67.